The monoisotopic (exact) mass is 580 g/mol. The van der Waals surface area contributed by atoms with Gasteiger partial charge in [0.05, 0.1) is 16.8 Å². The molecule has 0 fully saturated rings. The molecule has 0 aliphatic rings. The van der Waals surface area contributed by atoms with Crippen LogP contribution in [0.25, 0.3) is 37.5 Å². The molecule has 0 atom stereocenters. The summed E-state index contributed by atoms with van der Waals surface area (Å²) in [5.74, 6) is 1.29. The molecule has 0 radical (unpaired) electrons. The van der Waals surface area contributed by atoms with Gasteiger partial charge >= 0.3 is 0 Å². The van der Waals surface area contributed by atoms with Crippen molar-refractivity contribution in [3.8, 4) is 16.3 Å². The van der Waals surface area contributed by atoms with E-state index in [1.807, 2.05) is 0 Å². The van der Waals surface area contributed by atoms with Crippen molar-refractivity contribution < 1.29 is 4.57 Å². The average Bonchev–Trinajstić information content (AvgIpc) is 3.57. The van der Waals surface area contributed by atoms with Gasteiger partial charge in [0.25, 0.3) is 5.82 Å². The first-order valence-electron chi connectivity index (χ1n) is 16.7. The van der Waals surface area contributed by atoms with Crippen molar-refractivity contribution in [1.82, 2.24) is 9.55 Å². The average molecular weight is 581 g/mol. The SMILES string of the molecule is CCCCCCCCCCCCCCCCC[n+]1c(C)n(-c2ccccc2)c2cc(-c3nc4ccccc4s3)ccc21. The lowest BCUT2D eigenvalue weighted by molar-refractivity contribution is -0.678. The number of rotatable bonds is 18. The summed E-state index contributed by atoms with van der Waals surface area (Å²) in [7, 11) is 0. The highest BCUT2D eigenvalue weighted by molar-refractivity contribution is 7.21. The van der Waals surface area contributed by atoms with Crippen molar-refractivity contribution in [3.63, 3.8) is 0 Å². The number of hydrogen-bond acceptors (Lipinski definition) is 2. The van der Waals surface area contributed by atoms with E-state index in [0.717, 1.165) is 17.1 Å². The van der Waals surface area contributed by atoms with Gasteiger partial charge in [-0.2, -0.15) is 4.57 Å². The van der Waals surface area contributed by atoms with Crippen LogP contribution in [0.3, 0.4) is 0 Å². The predicted octanol–water partition coefficient (Wildman–Crippen LogP) is 11.4. The molecule has 0 saturated carbocycles. The van der Waals surface area contributed by atoms with E-state index in [1.54, 1.807) is 11.3 Å². The molecule has 0 saturated heterocycles. The summed E-state index contributed by atoms with van der Waals surface area (Å²) in [6.07, 6.45) is 21.0. The van der Waals surface area contributed by atoms with E-state index in [2.05, 4.69) is 95.8 Å². The lowest BCUT2D eigenvalue weighted by Gasteiger charge is -2.04. The zero-order valence-electron chi connectivity index (χ0n) is 26.0. The van der Waals surface area contributed by atoms with Gasteiger partial charge in [0.2, 0.25) is 0 Å². The first-order valence-corrected chi connectivity index (χ1v) is 17.5. The third-order valence-corrected chi connectivity index (χ3v) is 9.85. The molecule has 5 aromatic rings. The smallest absolute Gasteiger partial charge is 0.236 e. The highest BCUT2D eigenvalue weighted by Crippen LogP contribution is 2.32. The molecule has 0 bridgehead atoms. The number of imidazole rings is 1. The fraction of sp³-hybridized carbons (Fsp3) is 0.474. The Morgan fingerprint density at radius 2 is 1.26 bits per heavy atom. The Kier molecular flexibility index (Phi) is 11.6. The van der Waals surface area contributed by atoms with Crippen LogP contribution in [0.15, 0.2) is 72.8 Å². The molecule has 4 heteroatoms. The van der Waals surface area contributed by atoms with Crippen LogP contribution in [-0.2, 0) is 6.54 Å². The van der Waals surface area contributed by atoms with Crippen molar-refractivity contribution in [2.75, 3.05) is 0 Å². The second kappa shape index (κ2) is 16.0. The zero-order valence-corrected chi connectivity index (χ0v) is 26.8. The number of aryl methyl sites for hydroxylation is 1. The Balaban J connectivity index is 1.15. The van der Waals surface area contributed by atoms with Gasteiger partial charge in [-0.1, -0.05) is 121 Å². The minimum atomic E-state index is 1.07. The Morgan fingerprint density at radius 1 is 0.667 bits per heavy atom. The number of thiazole rings is 1. The quantitative estimate of drug-likeness (QED) is 0.0746. The molecule has 2 heterocycles. The lowest BCUT2D eigenvalue weighted by atomic mass is 10.0. The van der Waals surface area contributed by atoms with Gasteiger partial charge in [-0.25, -0.2) is 9.55 Å². The minimum Gasteiger partial charge on any atom is -0.236 e. The van der Waals surface area contributed by atoms with Crippen LogP contribution in [0.1, 0.15) is 109 Å². The normalized spacial score (nSPS) is 11.7. The van der Waals surface area contributed by atoms with Gasteiger partial charge < -0.3 is 0 Å². The van der Waals surface area contributed by atoms with Crippen LogP contribution in [0.2, 0.25) is 0 Å². The molecular formula is C38H50N3S+. The Hall–Kier alpha value is -2.98. The molecule has 0 N–H and O–H groups in total. The second-order valence-corrected chi connectivity index (χ2v) is 13.0. The van der Waals surface area contributed by atoms with Gasteiger partial charge in [-0.3, -0.25) is 0 Å². The fourth-order valence-electron chi connectivity index (χ4n) is 6.36. The van der Waals surface area contributed by atoms with Gasteiger partial charge in [0, 0.05) is 18.6 Å². The molecule has 42 heavy (non-hydrogen) atoms. The molecule has 0 amide bonds. The number of benzene rings is 3. The van der Waals surface area contributed by atoms with Crippen LogP contribution >= 0.6 is 11.3 Å². The van der Waals surface area contributed by atoms with Crippen molar-refractivity contribution in [2.24, 2.45) is 0 Å². The molecule has 3 aromatic carbocycles. The van der Waals surface area contributed by atoms with E-state index in [1.165, 1.54) is 129 Å². The van der Waals surface area contributed by atoms with E-state index >= 15 is 0 Å². The standard InChI is InChI=1S/C38H50N3S/c1-3-4-5-6-7-8-9-10-11-12-13-14-15-16-22-29-40-31(2)41(33-23-18-17-19-24-33)36-30-32(27-28-35(36)40)38-39-34-25-20-21-26-37(34)42-38/h17-21,23-28,30H,3-16,22,29H2,1-2H3/q+1. The maximum atomic E-state index is 4.95. The van der Waals surface area contributed by atoms with E-state index < -0.39 is 0 Å². The molecule has 0 spiro atoms. The summed E-state index contributed by atoms with van der Waals surface area (Å²) in [5.41, 5.74) is 6.06. The number of unbranched alkanes of at least 4 members (excludes halogenated alkanes) is 14. The molecule has 0 aliphatic heterocycles. The van der Waals surface area contributed by atoms with Gasteiger partial charge in [-0.05, 0) is 49.2 Å². The highest BCUT2D eigenvalue weighted by Gasteiger charge is 2.24. The fourth-order valence-corrected chi connectivity index (χ4v) is 7.32. The molecule has 0 aliphatic carbocycles. The summed E-state index contributed by atoms with van der Waals surface area (Å²) in [6, 6.07) is 26.2. The predicted molar refractivity (Wildman–Crippen MR) is 182 cm³/mol. The Labute approximate surface area is 257 Å². The maximum absolute atomic E-state index is 4.95. The topological polar surface area (TPSA) is 21.7 Å². The highest BCUT2D eigenvalue weighted by atomic mass is 32.1. The Bertz CT molecular complexity index is 1480. The minimum absolute atomic E-state index is 1.07. The molecule has 5 rings (SSSR count). The summed E-state index contributed by atoms with van der Waals surface area (Å²) in [4.78, 5) is 4.95. The van der Waals surface area contributed by atoms with Crippen LogP contribution in [0.5, 0.6) is 0 Å². The number of hydrogen-bond donors (Lipinski definition) is 0. The number of aromatic nitrogens is 3. The summed E-state index contributed by atoms with van der Waals surface area (Å²) < 4.78 is 6.20. The van der Waals surface area contributed by atoms with Gasteiger partial charge in [-0.15, -0.1) is 11.3 Å². The van der Waals surface area contributed by atoms with Crippen LogP contribution in [0, 0.1) is 6.92 Å². The van der Waals surface area contributed by atoms with Gasteiger partial charge in [0.15, 0.2) is 11.0 Å². The van der Waals surface area contributed by atoms with E-state index in [-0.39, 0.29) is 0 Å². The first-order chi connectivity index (χ1) is 20.8. The molecule has 2 aromatic heterocycles. The van der Waals surface area contributed by atoms with Crippen molar-refractivity contribution in [2.45, 2.75) is 117 Å². The maximum Gasteiger partial charge on any atom is 0.259 e. The molecule has 0 unspecified atom stereocenters. The van der Waals surface area contributed by atoms with Crippen molar-refractivity contribution in [1.29, 1.82) is 0 Å². The van der Waals surface area contributed by atoms with E-state index in [9.17, 15) is 0 Å². The molecule has 222 valence electrons. The van der Waals surface area contributed by atoms with E-state index in [0.29, 0.717) is 0 Å². The lowest BCUT2D eigenvalue weighted by Crippen LogP contribution is -2.36. The van der Waals surface area contributed by atoms with Gasteiger partial charge in [0.1, 0.15) is 10.7 Å². The molecular weight excluding hydrogens is 531 g/mol. The number of para-hydroxylation sites is 2. The third kappa shape index (κ3) is 7.89. The molecule has 3 nitrogen and oxygen atoms in total. The van der Waals surface area contributed by atoms with Crippen molar-refractivity contribution >= 4 is 32.6 Å². The van der Waals surface area contributed by atoms with Crippen LogP contribution in [-0.4, -0.2) is 9.55 Å². The summed E-state index contributed by atoms with van der Waals surface area (Å²) in [5, 5.41) is 1.09. The Morgan fingerprint density at radius 3 is 1.90 bits per heavy atom. The zero-order chi connectivity index (χ0) is 29.0. The van der Waals surface area contributed by atoms with Crippen LogP contribution in [0.4, 0.5) is 0 Å². The number of fused-ring (bicyclic) bond motifs is 2. The van der Waals surface area contributed by atoms with E-state index in [4.69, 9.17) is 4.98 Å². The third-order valence-electron chi connectivity index (χ3n) is 8.76. The van der Waals surface area contributed by atoms with Crippen LogP contribution < -0.4 is 4.57 Å². The second-order valence-electron chi connectivity index (χ2n) is 12.0. The first kappa shape index (κ1) is 30.5. The summed E-state index contributed by atoms with van der Waals surface area (Å²) in [6.45, 7) is 5.64. The number of nitrogens with zero attached hydrogens (tertiary/aromatic N) is 3. The summed E-state index contributed by atoms with van der Waals surface area (Å²) >= 11 is 1.78. The largest absolute Gasteiger partial charge is 0.259 e. The van der Waals surface area contributed by atoms with Crippen molar-refractivity contribution in [3.05, 3.63) is 78.6 Å².